The second kappa shape index (κ2) is 4.09. The molecule has 1 aromatic carbocycles. The third kappa shape index (κ3) is 1.84. The first kappa shape index (κ1) is 10.5. The lowest BCUT2D eigenvalue weighted by Gasteiger charge is -2.07. The first-order valence-electron chi connectivity index (χ1n) is 4.45. The number of benzene rings is 1. The second-order valence-electron chi connectivity index (χ2n) is 3.04. The predicted molar refractivity (Wildman–Crippen MR) is 53.7 cm³/mol. The van der Waals surface area contributed by atoms with Gasteiger partial charge in [-0.3, -0.25) is 10.1 Å². The Kier molecular flexibility index (Phi) is 3.06. The number of nitro groups is 1. The molecule has 4 nitrogen and oxygen atoms in total. The van der Waals surface area contributed by atoms with Gasteiger partial charge in [0, 0.05) is 5.56 Å². The van der Waals surface area contributed by atoms with E-state index in [1.807, 2.05) is 13.0 Å². The van der Waals surface area contributed by atoms with Crippen LogP contribution in [0.1, 0.15) is 18.1 Å². The fraction of sp³-hybridized carbons (Fsp3) is 0.400. The number of nitrogens with zero attached hydrogens (tertiary/aromatic N) is 1. The van der Waals surface area contributed by atoms with Gasteiger partial charge >= 0.3 is 5.69 Å². The Morgan fingerprint density at radius 3 is 2.57 bits per heavy atom. The van der Waals surface area contributed by atoms with E-state index in [1.165, 1.54) is 0 Å². The molecular weight excluding hydrogens is 182 g/mol. The molecule has 0 atom stereocenters. The number of hydrogen-bond donors (Lipinski definition) is 0. The molecule has 1 rings (SSSR count). The van der Waals surface area contributed by atoms with Gasteiger partial charge in [-0.15, -0.1) is 0 Å². The zero-order chi connectivity index (χ0) is 10.7. The maximum atomic E-state index is 10.8. The van der Waals surface area contributed by atoms with Gasteiger partial charge in [0.2, 0.25) is 0 Å². The molecule has 0 spiro atoms. The summed E-state index contributed by atoms with van der Waals surface area (Å²) in [5.41, 5.74) is 1.65. The standard InChI is InChI=1S/C10H13NO3/c1-4-14-9-6-5-7(2)8(3)10(9)11(12)13/h5-6H,4H2,1-3H3. The normalized spacial score (nSPS) is 9.93. The van der Waals surface area contributed by atoms with Crippen LogP contribution in [0.3, 0.4) is 0 Å². The number of rotatable bonds is 3. The Hall–Kier alpha value is -1.58. The average molecular weight is 195 g/mol. The van der Waals surface area contributed by atoms with Gasteiger partial charge in [0.05, 0.1) is 11.5 Å². The van der Waals surface area contributed by atoms with E-state index in [9.17, 15) is 10.1 Å². The topological polar surface area (TPSA) is 52.4 Å². The van der Waals surface area contributed by atoms with Crippen LogP contribution in [-0.4, -0.2) is 11.5 Å². The van der Waals surface area contributed by atoms with Crippen molar-refractivity contribution in [2.75, 3.05) is 6.61 Å². The van der Waals surface area contributed by atoms with Crippen molar-refractivity contribution >= 4 is 5.69 Å². The third-order valence-corrected chi connectivity index (χ3v) is 2.15. The van der Waals surface area contributed by atoms with Crippen molar-refractivity contribution in [1.82, 2.24) is 0 Å². The van der Waals surface area contributed by atoms with Gasteiger partial charge in [-0.05, 0) is 32.4 Å². The van der Waals surface area contributed by atoms with Crippen LogP contribution in [0.2, 0.25) is 0 Å². The Bertz CT molecular complexity index is 361. The molecule has 14 heavy (non-hydrogen) atoms. The third-order valence-electron chi connectivity index (χ3n) is 2.15. The van der Waals surface area contributed by atoms with Crippen molar-refractivity contribution in [1.29, 1.82) is 0 Å². The van der Waals surface area contributed by atoms with Gasteiger partial charge in [0.15, 0.2) is 5.75 Å². The summed E-state index contributed by atoms with van der Waals surface area (Å²) in [7, 11) is 0. The first-order chi connectivity index (χ1) is 6.57. The summed E-state index contributed by atoms with van der Waals surface area (Å²) in [5, 5.41) is 10.8. The summed E-state index contributed by atoms with van der Waals surface area (Å²) in [5.74, 6) is 0.348. The second-order valence-corrected chi connectivity index (χ2v) is 3.04. The van der Waals surface area contributed by atoms with Crippen molar-refractivity contribution in [3.63, 3.8) is 0 Å². The minimum atomic E-state index is -0.396. The number of hydrogen-bond acceptors (Lipinski definition) is 3. The summed E-state index contributed by atoms with van der Waals surface area (Å²) in [6, 6.07) is 3.47. The molecule has 1 aromatic rings. The van der Waals surface area contributed by atoms with E-state index >= 15 is 0 Å². The molecule has 0 aromatic heterocycles. The lowest BCUT2D eigenvalue weighted by Crippen LogP contribution is -2.00. The molecule has 0 fully saturated rings. The van der Waals surface area contributed by atoms with Crippen molar-refractivity contribution in [2.45, 2.75) is 20.8 Å². The molecule has 0 saturated heterocycles. The zero-order valence-corrected chi connectivity index (χ0v) is 8.53. The van der Waals surface area contributed by atoms with Crippen molar-refractivity contribution in [2.24, 2.45) is 0 Å². The molecule has 76 valence electrons. The number of ether oxygens (including phenoxy) is 1. The van der Waals surface area contributed by atoms with E-state index in [-0.39, 0.29) is 5.69 Å². The predicted octanol–water partition coefficient (Wildman–Crippen LogP) is 2.61. The molecular formula is C10H13NO3. The van der Waals surface area contributed by atoms with Gasteiger partial charge in [-0.25, -0.2) is 0 Å². The summed E-state index contributed by atoms with van der Waals surface area (Å²) in [4.78, 5) is 10.4. The Labute approximate surface area is 82.7 Å². The number of nitro benzene ring substituents is 1. The van der Waals surface area contributed by atoms with Crippen LogP contribution in [0.25, 0.3) is 0 Å². The van der Waals surface area contributed by atoms with E-state index in [2.05, 4.69) is 0 Å². The molecule has 0 heterocycles. The van der Waals surface area contributed by atoms with Crippen LogP contribution in [-0.2, 0) is 0 Å². The molecule has 0 aliphatic heterocycles. The Morgan fingerprint density at radius 1 is 1.43 bits per heavy atom. The van der Waals surface area contributed by atoms with Crippen LogP contribution in [0, 0.1) is 24.0 Å². The van der Waals surface area contributed by atoms with Crippen LogP contribution in [0.5, 0.6) is 5.75 Å². The van der Waals surface area contributed by atoms with Crippen LogP contribution in [0.4, 0.5) is 5.69 Å². The summed E-state index contributed by atoms with van der Waals surface area (Å²) < 4.78 is 5.19. The highest BCUT2D eigenvalue weighted by molar-refractivity contribution is 5.55. The van der Waals surface area contributed by atoms with Crippen LogP contribution < -0.4 is 4.74 Å². The van der Waals surface area contributed by atoms with Crippen molar-refractivity contribution in [3.05, 3.63) is 33.4 Å². The van der Waals surface area contributed by atoms with E-state index in [0.717, 1.165) is 5.56 Å². The quantitative estimate of drug-likeness (QED) is 0.550. The molecule has 0 bridgehead atoms. The van der Waals surface area contributed by atoms with Crippen LogP contribution >= 0.6 is 0 Å². The molecule has 0 radical (unpaired) electrons. The first-order valence-corrected chi connectivity index (χ1v) is 4.45. The highest BCUT2D eigenvalue weighted by Crippen LogP contribution is 2.32. The lowest BCUT2D eigenvalue weighted by atomic mass is 10.1. The van der Waals surface area contributed by atoms with E-state index in [0.29, 0.717) is 17.9 Å². The highest BCUT2D eigenvalue weighted by Gasteiger charge is 2.19. The molecule has 0 amide bonds. The van der Waals surface area contributed by atoms with E-state index < -0.39 is 4.92 Å². The molecule has 4 heteroatoms. The highest BCUT2D eigenvalue weighted by atomic mass is 16.6. The summed E-state index contributed by atoms with van der Waals surface area (Å²) >= 11 is 0. The largest absolute Gasteiger partial charge is 0.487 e. The smallest absolute Gasteiger partial charge is 0.314 e. The fourth-order valence-electron chi connectivity index (χ4n) is 1.28. The minimum absolute atomic E-state index is 0.0758. The van der Waals surface area contributed by atoms with Gasteiger partial charge in [-0.2, -0.15) is 0 Å². The Morgan fingerprint density at radius 2 is 2.07 bits per heavy atom. The average Bonchev–Trinajstić information content (AvgIpc) is 2.11. The van der Waals surface area contributed by atoms with Crippen LogP contribution in [0.15, 0.2) is 12.1 Å². The molecule has 0 unspecified atom stereocenters. The molecule has 0 saturated carbocycles. The van der Waals surface area contributed by atoms with Gasteiger partial charge in [0.1, 0.15) is 0 Å². The monoisotopic (exact) mass is 195 g/mol. The fourth-order valence-corrected chi connectivity index (χ4v) is 1.28. The van der Waals surface area contributed by atoms with Crippen molar-refractivity contribution < 1.29 is 9.66 Å². The number of aryl methyl sites for hydroxylation is 1. The molecule has 0 aliphatic carbocycles. The van der Waals surface area contributed by atoms with Gasteiger partial charge in [0.25, 0.3) is 0 Å². The maximum Gasteiger partial charge on any atom is 0.314 e. The zero-order valence-electron chi connectivity index (χ0n) is 8.53. The maximum absolute atomic E-state index is 10.8. The SMILES string of the molecule is CCOc1ccc(C)c(C)c1[N+](=O)[O-]. The summed E-state index contributed by atoms with van der Waals surface area (Å²) in [6.45, 7) is 5.82. The van der Waals surface area contributed by atoms with Gasteiger partial charge in [-0.1, -0.05) is 6.07 Å². The molecule has 0 N–H and O–H groups in total. The van der Waals surface area contributed by atoms with E-state index in [4.69, 9.17) is 4.74 Å². The Balaban J connectivity index is 3.30. The summed E-state index contributed by atoms with van der Waals surface area (Å²) in [6.07, 6.45) is 0. The lowest BCUT2D eigenvalue weighted by molar-refractivity contribution is -0.386. The van der Waals surface area contributed by atoms with E-state index in [1.54, 1.807) is 19.9 Å². The van der Waals surface area contributed by atoms with Gasteiger partial charge < -0.3 is 4.74 Å². The van der Waals surface area contributed by atoms with Crippen molar-refractivity contribution in [3.8, 4) is 5.75 Å². The molecule has 0 aliphatic rings. The minimum Gasteiger partial charge on any atom is -0.487 e.